The Morgan fingerprint density at radius 1 is 0.897 bits per heavy atom. The van der Waals surface area contributed by atoms with Crippen LogP contribution in [0.15, 0.2) is 71.8 Å². The Morgan fingerprint density at radius 2 is 1.62 bits per heavy atom. The predicted octanol–water partition coefficient (Wildman–Crippen LogP) is 4.75. The summed E-state index contributed by atoms with van der Waals surface area (Å²) in [6, 6.07) is 12.8. The minimum Gasteiger partial charge on any atom is -0.494 e. The number of nitrogen functional groups attached to an aromatic ring is 2. The molecule has 9 nitrogen and oxygen atoms in total. The molecule has 2 aromatic heterocycles. The quantitative estimate of drug-likeness (QED) is 0.274. The fraction of sp³-hybridized carbons (Fsp3) is 0.0385. The third-order valence-corrected chi connectivity index (χ3v) is 7.22. The second-order valence-electron chi connectivity index (χ2n) is 8.30. The van der Waals surface area contributed by atoms with E-state index >= 15 is 4.39 Å². The molecule has 5 aromatic rings. The van der Waals surface area contributed by atoms with Crippen LogP contribution in [-0.4, -0.2) is 30.5 Å². The van der Waals surface area contributed by atoms with E-state index in [2.05, 4.69) is 15.0 Å². The van der Waals surface area contributed by atoms with Gasteiger partial charge in [-0.3, -0.25) is 4.72 Å². The van der Waals surface area contributed by atoms with Gasteiger partial charge in [0, 0.05) is 22.7 Å². The number of benzene rings is 3. The average Bonchev–Trinajstić information content (AvgIpc) is 2.89. The standard InChI is InChI=1S/C26H19F3N6O3S/c1-38-20-11-14(10-16-23(20)33-26(34-25(16)31)13-8-9-21(30)32-12-13)15-4-2-7-19(22(15)29)35-39(36,37)24-17(27)5-3-6-18(24)28/h2-12,35H,1H3,(H2,30,32)(H2,31,33,34). The number of hydrogen-bond donors (Lipinski definition) is 3. The summed E-state index contributed by atoms with van der Waals surface area (Å²) in [4.78, 5) is 11.7. The van der Waals surface area contributed by atoms with Crippen molar-refractivity contribution in [2.24, 2.45) is 0 Å². The number of halogens is 3. The van der Waals surface area contributed by atoms with Crippen LogP contribution in [0.5, 0.6) is 5.75 Å². The minimum atomic E-state index is -4.80. The molecule has 0 fully saturated rings. The maximum atomic E-state index is 15.6. The molecule has 5 rings (SSSR count). The molecule has 0 aliphatic carbocycles. The molecular weight excluding hydrogens is 533 g/mol. The van der Waals surface area contributed by atoms with Gasteiger partial charge in [-0.1, -0.05) is 18.2 Å². The van der Waals surface area contributed by atoms with Crippen LogP contribution in [0.4, 0.5) is 30.5 Å². The summed E-state index contributed by atoms with van der Waals surface area (Å²) in [5.74, 6) is -2.74. The van der Waals surface area contributed by atoms with E-state index in [1.165, 1.54) is 37.6 Å². The average molecular weight is 553 g/mol. The summed E-state index contributed by atoms with van der Waals surface area (Å²) in [5.41, 5.74) is 12.5. The van der Waals surface area contributed by atoms with Crippen molar-refractivity contribution >= 4 is 38.2 Å². The van der Waals surface area contributed by atoms with Crippen molar-refractivity contribution in [2.75, 3.05) is 23.3 Å². The Labute approximate surface area is 220 Å². The van der Waals surface area contributed by atoms with Crippen molar-refractivity contribution in [3.05, 3.63) is 84.3 Å². The second-order valence-corrected chi connectivity index (χ2v) is 9.92. The number of nitrogens with zero attached hydrogens (tertiary/aromatic N) is 3. The van der Waals surface area contributed by atoms with Gasteiger partial charge in [-0.2, -0.15) is 0 Å². The molecular formula is C26H19F3N6O3S. The molecule has 0 saturated heterocycles. The fourth-order valence-electron chi connectivity index (χ4n) is 3.97. The van der Waals surface area contributed by atoms with Crippen LogP contribution in [0, 0.1) is 17.5 Å². The molecule has 0 amide bonds. The van der Waals surface area contributed by atoms with Crippen LogP contribution in [0.2, 0.25) is 0 Å². The third-order valence-electron chi connectivity index (χ3n) is 5.80. The molecule has 39 heavy (non-hydrogen) atoms. The van der Waals surface area contributed by atoms with Crippen molar-refractivity contribution in [3.8, 4) is 28.3 Å². The van der Waals surface area contributed by atoms with Crippen molar-refractivity contribution in [1.29, 1.82) is 0 Å². The molecule has 0 unspecified atom stereocenters. The molecule has 13 heteroatoms. The van der Waals surface area contributed by atoms with E-state index in [0.717, 1.165) is 24.3 Å². The lowest BCUT2D eigenvalue weighted by atomic mass is 10.0. The Morgan fingerprint density at radius 3 is 2.28 bits per heavy atom. The van der Waals surface area contributed by atoms with E-state index in [4.69, 9.17) is 16.2 Å². The molecule has 0 bridgehead atoms. The monoisotopic (exact) mass is 552 g/mol. The summed E-state index contributed by atoms with van der Waals surface area (Å²) in [6.07, 6.45) is 1.49. The Balaban J connectivity index is 1.60. The molecule has 198 valence electrons. The Kier molecular flexibility index (Phi) is 6.44. The lowest BCUT2D eigenvalue weighted by Crippen LogP contribution is -2.17. The van der Waals surface area contributed by atoms with Gasteiger partial charge in [-0.05, 0) is 48.0 Å². The summed E-state index contributed by atoms with van der Waals surface area (Å²) >= 11 is 0. The van der Waals surface area contributed by atoms with Crippen LogP contribution >= 0.6 is 0 Å². The van der Waals surface area contributed by atoms with Gasteiger partial charge < -0.3 is 16.2 Å². The molecule has 0 aliphatic heterocycles. The van der Waals surface area contributed by atoms with Crippen LogP contribution in [-0.2, 0) is 10.0 Å². The van der Waals surface area contributed by atoms with Crippen molar-refractivity contribution in [3.63, 3.8) is 0 Å². The van der Waals surface area contributed by atoms with Crippen LogP contribution < -0.4 is 20.9 Å². The molecule has 0 atom stereocenters. The van der Waals surface area contributed by atoms with Gasteiger partial charge in [-0.25, -0.2) is 36.5 Å². The smallest absolute Gasteiger partial charge is 0.267 e. The van der Waals surface area contributed by atoms with E-state index in [0.29, 0.717) is 22.3 Å². The summed E-state index contributed by atoms with van der Waals surface area (Å²) < 4.78 is 76.7. The zero-order chi connectivity index (χ0) is 27.9. The number of anilines is 3. The Hall–Kier alpha value is -4.91. The highest BCUT2D eigenvalue weighted by Gasteiger charge is 2.26. The van der Waals surface area contributed by atoms with Gasteiger partial charge >= 0.3 is 0 Å². The molecule has 0 saturated carbocycles. The largest absolute Gasteiger partial charge is 0.494 e. The van der Waals surface area contributed by atoms with E-state index < -0.39 is 38.1 Å². The summed E-state index contributed by atoms with van der Waals surface area (Å²) in [6.45, 7) is 0. The highest BCUT2D eigenvalue weighted by molar-refractivity contribution is 7.92. The maximum Gasteiger partial charge on any atom is 0.267 e. The van der Waals surface area contributed by atoms with E-state index in [1.807, 2.05) is 4.72 Å². The van der Waals surface area contributed by atoms with E-state index in [1.54, 1.807) is 12.1 Å². The third kappa shape index (κ3) is 4.75. The minimum absolute atomic E-state index is 0.0457. The van der Waals surface area contributed by atoms with Gasteiger partial charge in [0.05, 0.1) is 12.8 Å². The lowest BCUT2D eigenvalue weighted by Gasteiger charge is -2.15. The van der Waals surface area contributed by atoms with Crippen molar-refractivity contribution < 1.29 is 26.3 Å². The van der Waals surface area contributed by atoms with Gasteiger partial charge in [0.25, 0.3) is 10.0 Å². The fourth-order valence-corrected chi connectivity index (χ4v) is 5.17. The number of pyridine rings is 1. The number of rotatable bonds is 6. The number of sulfonamides is 1. The maximum absolute atomic E-state index is 15.6. The predicted molar refractivity (Wildman–Crippen MR) is 141 cm³/mol. The molecule has 0 radical (unpaired) electrons. The number of nitrogens with two attached hydrogens (primary N) is 2. The number of nitrogens with one attached hydrogen (secondary N) is 1. The lowest BCUT2D eigenvalue weighted by molar-refractivity contribution is 0.419. The molecule has 0 aliphatic rings. The number of aromatic nitrogens is 3. The number of hydrogen-bond acceptors (Lipinski definition) is 8. The topological polar surface area (TPSA) is 146 Å². The van der Waals surface area contributed by atoms with Gasteiger partial charge in [-0.15, -0.1) is 0 Å². The van der Waals surface area contributed by atoms with Gasteiger partial charge in [0.1, 0.15) is 34.5 Å². The number of fused-ring (bicyclic) bond motifs is 1. The normalized spacial score (nSPS) is 11.5. The zero-order valence-corrected chi connectivity index (χ0v) is 20.9. The van der Waals surface area contributed by atoms with Crippen LogP contribution in [0.1, 0.15) is 0 Å². The SMILES string of the molecule is COc1cc(-c2cccc(NS(=O)(=O)c3c(F)cccc3F)c2F)cc2c(N)nc(-c3ccc(N)nc3)nc12. The first-order valence-corrected chi connectivity index (χ1v) is 12.7. The van der Waals surface area contributed by atoms with Crippen LogP contribution in [0.3, 0.4) is 0 Å². The Bertz CT molecular complexity index is 1830. The molecule has 2 heterocycles. The molecule has 3 aromatic carbocycles. The number of methoxy groups -OCH3 is 1. The number of ether oxygens (including phenoxy) is 1. The first-order chi connectivity index (χ1) is 18.6. The second kappa shape index (κ2) is 9.76. The van der Waals surface area contributed by atoms with Crippen LogP contribution in [0.25, 0.3) is 33.4 Å². The highest BCUT2D eigenvalue weighted by atomic mass is 32.2. The highest BCUT2D eigenvalue weighted by Crippen LogP contribution is 2.37. The zero-order valence-electron chi connectivity index (χ0n) is 20.1. The van der Waals surface area contributed by atoms with Gasteiger partial charge in [0.2, 0.25) is 0 Å². The van der Waals surface area contributed by atoms with Crippen molar-refractivity contribution in [1.82, 2.24) is 15.0 Å². The first kappa shape index (κ1) is 25.7. The van der Waals surface area contributed by atoms with E-state index in [-0.39, 0.29) is 28.5 Å². The molecule has 5 N–H and O–H groups in total. The van der Waals surface area contributed by atoms with Crippen molar-refractivity contribution in [2.45, 2.75) is 4.90 Å². The molecule has 0 spiro atoms. The van der Waals surface area contributed by atoms with Gasteiger partial charge in [0.15, 0.2) is 16.5 Å². The summed E-state index contributed by atoms with van der Waals surface area (Å²) in [7, 11) is -3.41. The first-order valence-electron chi connectivity index (χ1n) is 11.2. The summed E-state index contributed by atoms with van der Waals surface area (Å²) in [5, 5.41) is 0.343. The van der Waals surface area contributed by atoms with E-state index in [9.17, 15) is 17.2 Å².